The summed E-state index contributed by atoms with van der Waals surface area (Å²) in [4.78, 5) is 21.4. The number of aromatic nitrogens is 1. The third-order valence-corrected chi connectivity index (χ3v) is 5.52. The summed E-state index contributed by atoms with van der Waals surface area (Å²) in [5, 5.41) is 0. The largest absolute Gasteiger partial charge is 0.441 e. The first-order valence-corrected chi connectivity index (χ1v) is 10.4. The molecule has 3 aromatic rings. The summed E-state index contributed by atoms with van der Waals surface area (Å²) in [5.41, 5.74) is 2.66. The molecule has 0 aliphatic carbocycles. The normalized spacial score (nSPS) is 14.2. The zero-order valence-corrected chi connectivity index (χ0v) is 17.2. The number of piperazine rings is 1. The van der Waals surface area contributed by atoms with Crippen molar-refractivity contribution in [2.24, 2.45) is 0 Å². The Labute approximate surface area is 176 Å². The van der Waals surface area contributed by atoms with Crippen molar-refractivity contribution < 1.29 is 13.6 Å². The van der Waals surface area contributed by atoms with E-state index in [2.05, 4.69) is 22.0 Å². The minimum atomic E-state index is -0.317. The molecule has 1 fully saturated rings. The van der Waals surface area contributed by atoms with Gasteiger partial charge >= 0.3 is 0 Å². The highest BCUT2D eigenvalue weighted by atomic mass is 19.1. The molecular weight excluding hydrogens is 381 g/mol. The highest BCUT2D eigenvalue weighted by Gasteiger charge is 2.21. The first kappa shape index (κ1) is 20.1. The third kappa shape index (κ3) is 4.70. The Bertz CT molecular complexity index is 995. The Kier molecular flexibility index (Phi) is 6.12. The predicted molar refractivity (Wildman–Crippen MR) is 115 cm³/mol. The lowest BCUT2D eigenvalue weighted by atomic mass is 10.1. The zero-order chi connectivity index (χ0) is 20.9. The molecule has 1 aliphatic rings. The van der Waals surface area contributed by atoms with Crippen LogP contribution in [-0.4, -0.2) is 42.0 Å². The lowest BCUT2D eigenvalue weighted by Gasteiger charge is -2.36. The molecule has 0 N–H and O–H groups in total. The van der Waals surface area contributed by atoms with Crippen LogP contribution in [0.25, 0.3) is 11.5 Å². The van der Waals surface area contributed by atoms with Crippen molar-refractivity contribution in [1.82, 2.24) is 9.88 Å². The number of carbonyl (C=O) groups is 1. The van der Waals surface area contributed by atoms with E-state index in [0.29, 0.717) is 30.7 Å². The maximum atomic E-state index is 13.4. The predicted octanol–water partition coefficient (Wildman–Crippen LogP) is 4.46. The van der Waals surface area contributed by atoms with Gasteiger partial charge in [0.25, 0.3) is 0 Å². The van der Waals surface area contributed by atoms with Crippen molar-refractivity contribution in [2.75, 3.05) is 31.1 Å². The molecular formula is C24H26FN3O2. The number of hydrogen-bond donors (Lipinski definition) is 0. The van der Waals surface area contributed by atoms with Gasteiger partial charge in [0, 0.05) is 43.9 Å². The number of nitrogens with zero attached hydrogens (tertiary/aromatic N) is 3. The van der Waals surface area contributed by atoms with E-state index < -0.39 is 0 Å². The zero-order valence-electron chi connectivity index (χ0n) is 17.2. The van der Waals surface area contributed by atoms with Gasteiger partial charge in [0.2, 0.25) is 11.8 Å². The first-order valence-electron chi connectivity index (χ1n) is 10.4. The average molecular weight is 407 g/mol. The smallest absolute Gasteiger partial charge is 0.226 e. The number of benzene rings is 2. The van der Waals surface area contributed by atoms with Crippen LogP contribution in [0.4, 0.5) is 10.1 Å². The average Bonchev–Trinajstić information content (AvgIpc) is 3.15. The molecule has 0 saturated carbocycles. The van der Waals surface area contributed by atoms with Gasteiger partial charge in [-0.2, -0.15) is 0 Å². The van der Waals surface area contributed by atoms with Crippen LogP contribution in [0, 0.1) is 12.7 Å². The van der Waals surface area contributed by atoms with Gasteiger partial charge in [-0.15, -0.1) is 0 Å². The van der Waals surface area contributed by atoms with E-state index in [9.17, 15) is 9.18 Å². The van der Waals surface area contributed by atoms with Crippen LogP contribution >= 0.6 is 0 Å². The van der Waals surface area contributed by atoms with Crippen LogP contribution in [0.2, 0.25) is 0 Å². The van der Waals surface area contributed by atoms with E-state index in [1.807, 2.05) is 30.0 Å². The van der Waals surface area contributed by atoms with Gasteiger partial charge in [0.1, 0.15) is 11.6 Å². The van der Waals surface area contributed by atoms with Gasteiger partial charge in [0.05, 0.1) is 5.69 Å². The molecule has 1 aromatic heterocycles. The lowest BCUT2D eigenvalue weighted by molar-refractivity contribution is -0.131. The number of halogens is 1. The van der Waals surface area contributed by atoms with Gasteiger partial charge in [0.15, 0.2) is 0 Å². The van der Waals surface area contributed by atoms with Gasteiger partial charge < -0.3 is 14.2 Å². The summed E-state index contributed by atoms with van der Waals surface area (Å²) in [6, 6.07) is 16.5. The highest BCUT2D eigenvalue weighted by Crippen LogP contribution is 2.23. The second kappa shape index (κ2) is 9.11. The quantitative estimate of drug-likeness (QED) is 0.605. The fourth-order valence-corrected chi connectivity index (χ4v) is 3.82. The van der Waals surface area contributed by atoms with Gasteiger partial charge in [-0.1, -0.05) is 24.3 Å². The summed E-state index contributed by atoms with van der Waals surface area (Å²) >= 11 is 0. The highest BCUT2D eigenvalue weighted by molar-refractivity contribution is 5.76. The van der Waals surface area contributed by atoms with Crippen LogP contribution in [0.3, 0.4) is 0 Å². The number of aryl methyl sites for hydroxylation is 2. The fraction of sp³-hybridized carbons (Fsp3) is 0.333. The Balaban J connectivity index is 1.26. The summed E-state index contributed by atoms with van der Waals surface area (Å²) in [7, 11) is 0. The molecule has 2 heterocycles. The van der Waals surface area contributed by atoms with Crippen LogP contribution in [0.1, 0.15) is 24.3 Å². The molecule has 0 bridgehead atoms. The van der Waals surface area contributed by atoms with E-state index in [1.165, 1.54) is 17.8 Å². The molecule has 0 unspecified atom stereocenters. The lowest BCUT2D eigenvalue weighted by Crippen LogP contribution is -2.48. The first-order chi connectivity index (χ1) is 14.6. The van der Waals surface area contributed by atoms with E-state index in [4.69, 9.17) is 4.42 Å². The van der Waals surface area contributed by atoms with Gasteiger partial charge in [-0.25, -0.2) is 9.37 Å². The van der Waals surface area contributed by atoms with E-state index in [0.717, 1.165) is 37.6 Å². The molecule has 1 amide bonds. The number of oxazole rings is 1. The standard InChI is InChI=1S/C24H26FN3O2/c1-18-22(26-24(30-18)19-7-5-8-20(25)17-19)11-6-12-23(29)28-15-13-27(14-16-28)21-9-3-2-4-10-21/h2-5,7-10,17H,6,11-16H2,1H3. The van der Waals surface area contributed by atoms with Crippen molar-refractivity contribution in [3.8, 4) is 11.5 Å². The summed E-state index contributed by atoms with van der Waals surface area (Å²) in [6.07, 6.45) is 1.88. The molecule has 1 saturated heterocycles. The fourth-order valence-electron chi connectivity index (χ4n) is 3.82. The van der Waals surface area contributed by atoms with Crippen molar-refractivity contribution in [2.45, 2.75) is 26.2 Å². The van der Waals surface area contributed by atoms with Crippen LogP contribution < -0.4 is 4.90 Å². The number of para-hydroxylation sites is 1. The second-order valence-corrected chi connectivity index (χ2v) is 7.59. The van der Waals surface area contributed by atoms with Gasteiger partial charge in [-0.3, -0.25) is 4.79 Å². The molecule has 1 aliphatic heterocycles. The number of rotatable bonds is 6. The molecule has 2 aromatic carbocycles. The van der Waals surface area contributed by atoms with E-state index in [1.54, 1.807) is 12.1 Å². The Morgan fingerprint density at radius 3 is 2.57 bits per heavy atom. The van der Waals surface area contributed by atoms with Crippen molar-refractivity contribution in [3.63, 3.8) is 0 Å². The summed E-state index contributed by atoms with van der Waals surface area (Å²) in [5.74, 6) is 1.01. The molecule has 0 spiro atoms. The number of anilines is 1. The van der Waals surface area contributed by atoms with E-state index in [-0.39, 0.29) is 11.7 Å². The molecule has 4 rings (SSSR count). The maximum absolute atomic E-state index is 13.4. The number of amides is 1. The monoisotopic (exact) mass is 407 g/mol. The molecule has 6 heteroatoms. The van der Waals surface area contributed by atoms with Crippen molar-refractivity contribution in [3.05, 3.63) is 71.9 Å². The minimum Gasteiger partial charge on any atom is -0.441 e. The van der Waals surface area contributed by atoms with Crippen molar-refractivity contribution >= 4 is 11.6 Å². The molecule has 5 nitrogen and oxygen atoms in total. The van der Waals surface area contributed by atoms with E-state index >= 15 is 0 Å². The SMILES string of the molecule is Cc1oc(-c2cccc(F)c2)nc1CCCC(=O)N1CCN(c2ccccc2)CC1. The maximum Gasteiger partial charge on any atom is 0.226 e. The Morgan fingerprint density at radius 2 is 1.83 bits per heavy atom. The summed E-state index contributed by atoms with van der Waals surface area (Å²) < 4.78 is 19.1. The van der Waals surface area contributed by atoms with Crippen LogP contribution in [0.5, 0.6) is 0 Å². The minimum absolute atomic E-state index is 0.189. The second-order valence-electron chi connectivity index (χ2n) is 7.59. The number of carbonyl (C=O) groups excluding carboxylic acids is 1. The molecule has 156 valence electrons. The Morgan fingerprint density at radius 1 is 1.07 bits per heavy atom. The topological polar surface area (TPSA) is 49.6 Å². The Hall–Kier alpha value is -3.15. The number of hydrogen-bond acceptors (Lipinski definition) is 4. The van der Waals surface area contributed by atoms with Crippen molar-refractivity contribution in [1.29, 1.82) is 0 Å². The van der Waals surface area contributed by atoms with Gasteiger partial charge in [-0.05, 0) is 50.1 Å². The summed E-state index contributed by atoms with van der Waals surface area (Å²) in [6.45, 7) is 5.07. The molecule has 0 atom stereocenters. The van der Waals surface area contributed by atoms with Crippen LogP contribution in [-0.2, 0) is 11.2 Å². The molecule has 30 heavy (non-hydrogen) atoms. The van der Waals surface area contributed by atoms with Crippen LogP contribution in [0.15, 0.2) is 59.0 Å². The molecule has 0 radical (unpaired) electrons. The third-order valence-electron chi connectivity index (χ3n) is 5.52.